The molecule has 2 rings (SSSR count). The molecule has 0 aliphatic heterocycles. The normalized spacial score (nSPS) is 13.9. The molecule has 2 aromatic rings. The van der Waals surface area contributed by atoms with Crippen LogP contribution in [0.2, 0.25) is 0 Å². The van der Waals surface area contributed by atoms with E-state index in [1.54, 1.807) is 6.07 Å². The van der Waals surface area contributed by atoms with E-state index in [2.05, 4.69) is 4.74 Å². The number of ether oxygens (including phenoxy) is 2. The van der Waals surface area contributed by atoms with Gasteiger partial charge in [-0.1, -0.05) is 0 Å². The number of aromatic hydroxyl groups is 1. The highest BCUT2D eigenvalue weighted by atomic mass is 16.5. The number of fused-ring (bicyclic) bond motifs is 1. The lowest BCUT2D eigenvalue weighted by Gasteiger charge is -2.14. The Labute approximate surface area is 131 Å². The van der Waals surface area contributed by atoms with Crippen LogP contribution in [0, 0.1) is 0 Å². The second-order valence-electron chi connectivity index (χ2n) is 5.00. The fraction of sp³-hybridized carbons (Fsp3) is 0.250. The molecule has 0 aliphatic rings. The van der Waals surface area contributed by atoms with Gasteiger partial charge in [0.05, 0.1) is 19.8 Å². The first-order valence-corrected chi connectivity index (χ1v) is 6.64. The second-order valence-corrected chi connectivity index (χ2v) is 5.00. The van der Waals surface area contributed by atoms with E-state index in [9.17, 15) is 19.8 Å². The van der Waals surface area contributed by atoms with Crippen molar-refractivity contribution < 1.29 is 28.9 Å². The molecule has 1 heterocycles. The van der Waals surface area contributed by atoms with Crippen LogP contribution in [-0.2, 0) is 9.53 Å². The van der Waals surface area contributed by atoms with E-state index >= 15 is 0 Å². The summed E-state index contributed by atoms with van der Waals surface area (Å²) in [6.45, 7) is 1.23. The highest BCUT2D eigenvalue weighted by Crippen LogP contribution is 2.33. The van der Waals surface area contributed by atoms with Crippen molar-refractivity contribution in [3.63, 3.8) is 0 Å². The van der Waals surface area contributed by atoms with Gasteiger partial charge in [-0.25, -0.2) is 9.59 Å². The van der Waals surface area contributed by atoms with Gasteiger partial charge in [0.15, 0.2) is 16.9 Å². The monoisotopic (exact) mass is 320 g/mol. The number of benzene rings is 1. The van der Waals surface area contributed by atoms with Gasteiger partial charge in [-0.05, 0) is 37.3 Å². The van der Waals surface area contributed by atoms with E-state index in [-0.39, 0.29) is 22.6 Å². The van der Waals surface area contributed by atoms with Crippen LogP contribution in [0.5, 0.6) is 11.5 Å². The maximum Gasteiger partial charge on any atom is 0.343 e. The number of esters is 1. The predicted octanol–water partition coefficient (Wildman–Crippen LogP) is 1.44. The topological polar surface area (TPSA) is 106 Å². The van der Waals surface area contributed by atoms with Crippen LogP contribution in [0.1, 0.15) is 12.5 Å². The molecule has 23 heavy (non-hydrogen) atoms. The lowest BCUT2D eigenvalue weighted by Crippen LogP contribution is -2.33. The third-order valence-electron chi connectivity index (χ3n) is 3.27. The summed E-state index contributed by atoms with van der Waals surface area (Å²) < 4.78 is 14.5. The molecule has 122 valence electrons. The molecule has 0 saturated heterocycles. The zero-order valence-electron chi connectivity index (χ0n) is 12.8. The second kappa shape index (κ2) is 6.13. The average molecular weight is 320 g/mol. The molecule has 2 N–H and O–H groups in total. The van der Waals surface area contributed by atoms with E-state index in [1.807, 2.05) is 0 Å². The molecule has 1 unspecified atom stereocenters. The van der Waals surface area contributed by atoms with Crippen LogP contribution in [-0.4, -0.2) is 36.0 Å². The summed E-state index contributed by atoms with van der Waals surface area (Å²) in [6.07, 6.45) is 2.38. The van der Waals surface area contributed by atoms with Crippen LogP contribution in [0.4, 0.5) is 0 Å². The molecule has 0 saturated carbocycles. The molecular weight excluding hydrogens is 304 g/mol. The summed E-state index contributed by atoms with van der Waals surface area (Å²) in [7, 11) is 2.52. The van der Waals surface area contributed by atoms with Gasteiger partial charge in [0.1, 0.15) is 0 Å². The van der Waals surface area contributed by atoms with Crippen LogP contribution >= 0.6 is 0 Å². The minimum Gasteiger partial charge on any atom is -0.502 e. The smallest absolute Gasteiger partial charge is 0.343 e. The maximum atomic E-state index is 12.0. The first kappa shape index (κ1) is 16.6. The van der Waals surface area contributed by atoms with Crippen LogP contribution in [0.15, 0.2) is 33.5 Å². The third-order valence-corrected chi connectivity index (χ3v) is 3.27. The Bertz CT molecular complexity index is 830. The Morgan fingerprint density at radius 2 is 2.04 bits per heavy atom. The van der Waals surface area contributed by atoms with E-state index in [0.717, 1.165) is 13.2 Å². The standard InChI is InChI=1S/C16H16O7/c1-16(20,15(19)22-3)7-6-10-8-9-4-5-11(21-2)12(17)13(9)23-14(10)18/h4-8,17,20H,1-3H3. The Hall–Kier alpha value is -2.80. The summed E-state index contributed by atoms with van der Waals surface area (Å²) in [6, 6.07) is 4.59. The zero-order valence-corrected chi connectivity index (χ0v) is 12.8. The molecule has 7 heteroatoms. The number of methoxy groups -OCH3 is 2. The summed E-state index contributed by atoms with van der Waals surface area (Å²) in [5, 5.41) is 20.3. The largest absolute Gasteiger partial charge is 0.502 e. The molecule has 0 spiro atoms. The molecule has 0 fully saturated rings. The lowest BCUT2D eigenvalue weighted by atomic mass is 10.1. The first-order chi connectivity index (χ1) is 10.8. The van der Waals surface area contributed by atoms with Crippen molar-refractivity contribution in [3.8, 4) is 11.5 Å². The highest BCUT2D eigenvalue weighted by Gasteiger charge is 2.28. The quantitative estimate of drug-likeness (QED) is 0.648. The number of phenols is 1. The van der Waals surface area contributed by atoms with Gasteiger partial charge in [-0.3, -0.25) is 0 Å². The number of rotatable bonds is 4. The molecule has 1 aromatic heterocycles. The number of carbonyl (C=O) groups is 1. The molecule has 0 aliphatic carbocycles. The molecule has 0 radical (unpaired) electrons. The van der Waals surface area contributed by atoms with Crippen molar-refractivity contribution in [1.29, 1.82) is 0 Å². The van der Waals surface area contributed by atoms with Gasteiger partial charge in [-0.2, -0.15) is 0 Å². The SMILES string of the molecule is COC(=O)C(C)(O)C=Cc1cc2ccc(OC)c(O)c2oc1=O. The van der Waals surface area contributed by atoms with Gasteiger partial charge < -0.3 is 24.1 Å². The number of aliphatic hydroxyl groups is 1. The number of phenolic OH excluding ortho intramolecular Hbond substituents is 1. The maximum absolute atomic E-state index is 12.0. The molecule has 7 nitrogen and oxygen atoms in total. The summed E-state index contributed by atoms with van der Waals surface area (Å²) >= 11 is 0. The fourth-order valence-electron chi connectivity index (χ4n) is 1.98. The molecule has 0 amide bonds. The van der Waals surface area contributed by atoms with E-state index in [1.165, 1.54) is 32.2 Å². The Morgan fingerprint density at radius 1 is 1.35 bits per heavy atom. The minimum atomic E-state index is -1.88. The first-order valence-electron chi connectivity index (χ1n) is 6.64. The van der Waals surface area contributed by atoms with E-state index < -0.39 is 17.2 Å². The van der Waals surface area contributed by atoms with E-state index in [4.69, 9.17) is 9.15 Å². The van der Waals surface area contributed by atoms with Crippen molar-refractivity contribution in [2.45, 2.75) is 12.5 Å². The van der Waals surface area contributed by atoms with Crippen LogP contribution < -0.4 is 10.4 Å². The highest BCUT2D eigenvalue weighted by molar-refractivity contribution is 5.87. The number of hydrogen-bond donors (Lipinski definition) is 2. The lowest BCUT2D eigenvalue weighted by molar-refractivity contribution is -0.155. The fourth-order valence-corrected chi connectivity index (χ4v) is 1.98. The Kier molecular flexibility index (Phi) is 4.42. The molecule has 0 bridgehead atoms. The van der Waals surface area contributed by atoms with Crippen LogP contribution in [0.3, 0.4) is 0 Å². The van der Waals surface area contributed by atoms with Crippen LogP contribution in [0.25, 0.3) is 17.0 Å². The number of hydrogen-bond acceptors (Lipinski definition) is 7. The third kappa shape index (κ3) is 3.19. The molecule has 1 aromatic carbocycles. The summed E-state index contributed by atoms with van der Waals surface area (Å²) in [5.41, 5.74) is -2.52. The summed E-state index contributed by atoms with van der Waals surface area (Å²) in [4.78, 5) is 23.4. The van der Waals surface area contributed by atoms with Crippen molar-refractivity contribution in [2.75, 3.05) is 14.2 Å². The summed E-state index contributed by atoms with van der Waals surface area (Å²) in [5.74, 6) is -0.960. The Balaban J connectivity index is 2.50. The van der Waals surface area contributed by atoms with Crippen molar-refractivity contribution in [3.05, 3.63) is 40.3 Å². The Morgan fingerprint density at radius 3 is 2.65 bits per heavy atom. The predicted molar refractivity (Wildman–Crippen MR) is 82.4 cm³/mol. The van der Waals surface area contributed by atoms with Gasteiger partial charge in [-0.15, -0.1) is 0 Å². The van der Waals surface area contributed by atoms with Crippen molar-refractivity contribution in [2.24, 2.45) is 0 Å². The average Bonchev–Trinajstić information content (AvgIpc) is 2.53. The van der Waals surface area contributed by atoms with E-state index in [0.29, 0.717) is 5.39 Å². The van der Waals surface area contributed by atoms with Crippen molar-refractivity contribution in [1.82, 2.24) is 0 Å². The zero-order chi connectivity index (χ0) is 17.2. The molecular formula is C16H16O7. The van der Waals surface area contributed by atoms with Gasteiger partial charge >= 0.3 is 11.6 Å². The number of carbonyl (C=O) groups excluding carboxylic acids is 1. The minimum absolute atomic E-state index is 0.00812. The van der Waals surface area contributed by atoms with Gasteiger partial charge in [0.25, 0.3) is 0 Å². The van der Waals surface area contributed by atoms with Gasteiger partial charge in [0, 0.05) is 5.39 Å². The van der Waals surface area contributed by atoms with Crippen molar-refractivity contribution >= 4 is 23.0 Å². The molecule has 1 atom stereocenters. The van der Waals surface area contributed by atoms with Gasteiger partial charge in [0.2, 0.25) is 5.75 Å².